The Morgan fingerprint density at radius 3 is 2.39 bits per heavy atom. The van der Waals surface area contributed by atoms with Gasteiger partial charge in [0.25, 0.3) is 0 Å². The van der Waals surface area contributed by atoms with Crippen molar-refractivity contribution in [2.75, 3.05) is 12.4 Å². The third kappa shape index (κ3) is 3.98. The molecule has 4 aromatic rings. The van der Waals surface area contributed by atoms with Gasteiger partial charge in [0.1, 0.15) is 23.2 Å². The second-order valence-corrected chi connectivity index (χ2v) is 6.44. The Labute approximate surface area is 172 Å². The lowest BCUT2D eigenvalue weighted by molar-refractivity contribution is -0.145. The van der Waals surface area contributed by atoms with Crippen LogP contribution in [0.1, 0.15) is 11.4 Å². The molecule has 31 heavy (non-hydrogen) atoms. The zero-order valence-corrected chi connectivity index (χ0v) is 15.9. The smallest absolute Gasteiger partial charge is 0.450 e. The molecule has 0 saturated carbocycles. The second-order valence-electron chi connectivity index (χ2n) is 6.44. The van der Waals surface area contributed by atoms with E-state index >= 15 is 0 Å². The summed E-state index contributed by atoms with van der Waals surface area (Å²) in [5, 5.41) is 2.69. The zero-order chi connectivity index (χ0) is 22.2. The van der Waals surface area contributed by atoms with Gasteiger partial charge in [-0.3, -0.25) is 4.57 Å². The number of ether oxygens (including phenoxy) is 1. The molecular formula is C20H14F5N5O. The molecule has 2 aromatic carbocycles. The van der Waals surface area contributed by atoms with Gasteiger partial charge in [-0.1, -0.05) is 6.07 Å². The molecule has 0 aliphatic heterocycles. The van der Waals surface area contributed by atoms with Gasteiger partial charge in [-0.25, -0.2) is 23.7 Å². The fourth-order valence-electron chi connectivity index (χ4n) is 3.01. The maximum atomic E-state index is 13.7. The van der Waals surface area contributed by atoms with Crippen LogP contribution in [0.2, 0.25) is 0 Å². The molecule has 0 saturated heterocycles. The van der Waals surface area contributed by atoms with Gasteiger partial charge in [-0.2, -0.15) is 13.2 Å². The Morgan fingerprint density at radius 1 is 1.03 bits per heavy atom. The van der Waals surface area contributed by atoms with Crippen LogP contribution in [0.3, 0.4) is 0 Å². The summed E-state index contributed by atoms with van der Waals surface area (Å²) in [7, 11) is 1.39. The minimum Gasteiger partial charge on any atom is -0.497 e. The van der Waals surface area contributed by atoms with Crippen LogP contribution in [0.4, 0.5) is 27.8 Å². The Hall–Kier alpha value is -3.76. The van der Waals surface area contributed by atoms with Crippen LogP contribution in [-0.2, 0) is 12.7 Å². The van der Waals surface area contributed by atoms with E-state index in [2.05, 4.69) is 20.3 Å². The van der Waals surface area contributed by atoms with Crippen molar-refractivity contribution in [2.45, 2.75) is 12.7 Å². The lowest BCUT2D eigenvalue weighted by Gasteiger charge is -2.12. The first-order chi connectivity index (χ1) is 14.8. The number of rotatable bonds is 5. The van der Waals surface area contributed by atoms with Gasteiger partial charge in [0.2, 0.25) is 5.82 Å². The minimum absolute atomic E-state index is 0.104. The van der Waals surface area contributed by atoms with Gasteiger partial charge in [0.15, 0.2) is 5.82 Å². The Balaban J connectivity index is 1.68. The number of benzene rings is 2. The third-order valence-electron chi connectivity index (χ3n) is 4.49. The van der Waals surface area contributed by atoms with Crippen LogP contribution in [0.5, 0.6) is 5.75 Å². The topological polar surface area (TPSA) is 64.9 Å². The van der Waals surface area contributed by atoms with Crippen molar-refractivity contribution in [2.24, 2.45) is 0 Å². The molecule has 1 N–H and O–H groups in total. The second kappa shape index (κ2) is 7.82. The first kappa shape index (κ1) is 20.5. The van der Waals surface area contributed by atoms with E-state index in [9.17, 15) is 22.0 Å². The van der Waals surface area contributed by atoms with E-state index in [1.807, 2.05) is 0 Å². The van der Waals surface area contributed by atoms with Gasteiger partial charge in [0.05, 0.1) is 30.5 Å². The molecule has 4 rings (SSSR count). The van der Waals surface area contributed by atoms with Crippen molar-refractivity contribution < 1.29 is 26.7 Å². The van der Waals surface area contributed by atoms with Crippen LogP contribution in [0, 0.1) is 11.6 Å². The van der Waals surface area contributed by atoms with Crippen LogP contribution >= 0.6 is 0 Å². The molecule has 2 aromatic heterocycles. The molecule has 0 aliphatic rings. The number of fused-ring (bicyclic) bond motifs is 1. The molecule has 0 unspecified atom stereocenters. The largest absolute Gasteiger partial charge is 0.497 e. The van der Waals surface area contributed by atoms with Crippen molar-refractivity contribution in [1.29, 1.82) is 0 Å². The van der Waals surface area contributed by atoms with E-state index in [4.69, 9.17) is 4.74 Å². The highest BCUT2D eigenvalue weighted by atomic mass is 19.4. The Morgan fingerprint density at radius 2 is 1.77 bits per heavy atom. The van der Waals surface area contributed by atoms with Crippen LogP contribution in [0.15, 0.2) is 48.8 Å². The van der Waals surface area contributed by atoms with E-state index in [-0.39, 0.29) is 34.8 Å². The average molecular weight is 435 g/mol. The third-order valence-corrected chi connectivity index (χ3v) is 4.49. The number of methoxy groups -OCH3 is 1. The van der Waals surface area contributed by atoms with Gasteiger partial charge in [-0.05, 0) is 24.3 Å². The van der Waals surface area contributed by atoms with Crippen molar-refractivity contribution in [1.82, 2.24) is 19.5 Å². The first-order valence-electron chi connectivity index (χ1n) is 8.91. The van der Waals surface area contributed by atoms with Crippen LogP contribution < -0.4 is 10.1 Å². The number of alkyl halides is 3. The molecule has 2 heterocycles. The van der Waals surface area contributed by atoms with Gasteiger partial charge >= 0.3 is 6.18 Å². The number of nitrogens with one attached hydrogen (secondary N) is 1. The zero-order valence-electron chi connectivity index (χ0n) is 15.9. The molecule has 0 bridgehead atoms. The highest BCUT2D eigenvalue weighted by Gasteiger charge is 2.38. The molecule has 160 valence electrons. The van der Waals surface area contributed by atoms with Gasteiger partial charge in [-0.15, -0.1) is 0 Å². The Kier molecular flexibility index (Phi) is 5.17. The summed E-state index contributed by atoms with van der Waals surface area (Å²) in [6, 6.07) is 7.79. The molecular weight excluding hydrogens is 421 g/mol. The molecule has 6 nitrogen and oxygen atoms in total. The Bertz CT molecular complexity index is 1220. The number of hydrogen-bond donors (Lipinski definition) is 1. The van der Waals surface area contributed by atoms with E-state index in [0.29, 0.717) is 5.75 Å². The monoisotopic (exact) mass is 435 g/mol. The standard InChI is InChI=1S/C20H14F5N5O/c1-31-11-5-6-15-16(7-11)30(19(29-15)20(23,24)25)18-10-27-17(9-28-18)26-8-12-13(21)3-2-4-14(12)22/h2-7,9-10H,8H2,1H3,(H,26,27). The van der Waals surface area contributed by atoms with Crippen LogP contribution in [-0.4, -0.2) is 26.6 Å². The fourth-order valence-corrected chi connectivity index (χ4v) is 3.01. The molecule has 0 aliphatic carbocycles. The van der Waals surface area contributed by atoms with E-state index < -0.39 is 23.6 Å². The summed E-state index contributed by atoms with van der Waals surface area (Å²) in [4.78, 5) is 11.7. The summed E-state index contributed by atoms with van der Waals surface area (Å²) in [5.41, 5.74) is 0.0442. The van der Waals surface area contributed by atoms with Crippen molar-refractivity contribution in [3.05, 3.63) is 71.8 Å². The number of anilines is 1. The molecule has 0 spiro atoms. The van der Waals surface area contributed by atoms with Crippen LogP contribution in [0.25, 0.3) is 16.9 Å². The lowest BCUT2D eigenvalue weighted by atomic mass is 10.2. The molecule has 0 atom stereocenters. The molecule has 0 fully saturated rings. The summed E-state index contributed by atoms with van der Waals surface area (Å²) in [5.74, 6) is -2.29. The van der Waals surface area contributed by atoms with E-state index in [1.54, 1.807) is 0 Å². The maximum absolute atomic E-state index is 13.7. The van der Waals surface area contributed by atoms with E-state index in [0.717, 1.165) is 22.9 Å². The van der Waals surface area contributed by atoms with Crippen molar-refractivity contribution in [3.63, 3.8) is 0 Å². The number of nitrogens with zero attached hydrogens (tertiary/aromatic N) is 4. The van der Waals surface area contributed by atoms with Gasteiger partial charge < -0.3 is 10.1 Å². The van der Waals surface area contributed by atoms with Crippen molar-refractivity contribution >= 4 is 16.9 Å². The predicted octanol–water partition coefficient (Wildman–Crippen LogP) is 4.73. The number of hydrogen-bond acceptors (Lipinski definition) is 5. The average Bonchev–Trinajstić information content (AvgIpc) is 3.13. The fraction of sp³-hybridized carbons (Fsp3) is 0.150. The SMILES string of the molecule is COc1ccc2nc(C(F)(F)F)n(-c3cnc(NCc4c(F)cccc4F)cn3)c2c1. The quantitative estimate of drug-likeness (QED) is 0.459. The highest BCUT2D eigenvalue weighted by Crippen LogP contribution is 2.34. The van der Waals surface area contributed by atoms with Gasteiger partial charge in [0, 0.05) is 18.2 Å². The van der Waals surface area contributed by atoms with E-state index in [1.165, 1.54) is 37.6 Å². The summed E-state index contributed by atoms with van der Waals surface area (Å²) in [6.07, 6.45) is -2.47. The minimum atomic E-state index is -4.74. The molecule has 0 radical (unpaired) electrons. The van der Waals surface area contributed by atoms with Crippen molar-refractivity contribution in [3.8, 4) is 11.6 Å². The lowest BCUT2D eigenvalue weighted by Crippen LogP contribution is -2.15. The maximum Gasteiger partial charge on any atom is 0.450 e. The molecule has 0 amide bonds. The summed E-state index contributed by atoms with van der Waals surface area (Å²) in [6.45, 7) is -0.217. The summed E-state index contributed by atoms with van der Waals surface area (Å²) < 4.78 is 74.1. The normalized spacial score (nSPS) is 11.7. The predicted molar refractivity (Wildman–Crippen MR) is 102 cm³/mol. The molecule has 11 heteroatoms. The first-order valence-corrected chi connectivity index (χ1v) is 8.91. The number of aromatic nitrogens is 4. The number of halogens is 5. The highest BCUT2D eigenvalue weighted by molar-refractivity contribution is 5.79. The number of imidazole rings is 1. The summed E-state index contributed by atoms with van der Waals surface area (Å²) >= 11 is 0.